The normalized spacial score (nSPS) is 16.3. The van der Waals surface area contributed by atoms with Gasteiger partial charge in [-0.2, -0.15) is 0 Å². The zero-order valence-electron chi connectivity index (χ0n) is 14.9. The van der Waals surface area contributed by atoms with Crippen molar-refractivity contribution in [2.45, 2.75) is 13.3 Å². The molecule has 140 valence electrons. The minimum absolute atomic E-state index is 0.117. The topological polar surface area (TPSA) is 78.5 Å². The van der Waals surface area contributed by atoms with Gasteiger partial charge in [-0.3, -0.25) is 14.4 Å². The summed E-state index contributed by atoms with van der Waals surface area (Å²) < 4.78 is 0. The average Bonchev–Trinajstić information content (AvgIpc) is 3.04. The monoisotopic (exact) mass is 385 g/mol. The third-order valence-electron chi connectivity index (χ3n) is 4.35. The molecule has 3 amide bonds. The third kappa shape index (κ3) is 4.46. The average molecular weight is 386 g/mol. The summed E-state index contributed by atoms with van der Waals surface area (Å²) in [6, 6.07) is 13.7. The van der Waals surface area contributed by atoms with Crippen molar-refractivity contribution in [3.8, 4) is 0 Å². The van der Waals surface area contributed by atoms with E-state index >= 15 is 0 Å². The van der Waals surface area contributed by atoms with Crippen LogP contribution in [0.5, 0.6) is 0 Å². The van der Waals surface area contributed by atoms with Crippen molar-refractivity contribution < 1.29 is 14.4 Å². The number of rotatable bonds is 5. The molecule has 0 bridgehead atoms. The van der Waals surface area contributed by atoms with Crippen LogP contribution in [0.4, 0.5) is 11.4 Å². The number of hydrogen-bond donors (Lipinski definition) is 2. The molecular formula is C20H20ClN3O3. The second kappa shape index (κ2) is 8.22. The number of halogens is 1. The van der Waals surface area contributed by atoms with E-state index in [9.17, 15) is 14.4 Å². The van der Waals surface area contributed by atoms with Crippen LogP contribution in [0.2, 0.25) is 5.02 Å². The lowest BCUT2D eigenvalue weighted by Gasteiger charge is -2.17. The fourth-order valence-corrected chi connectivity index (χ4v) is 3.21. The van der Waals surface area contributed by atoms with Crippen LogP contribution in [-0.2, 0) is 9.59 Å². The molecule has 1 fully saturated rings. The van der Waals surface area contributed by atoms with Crippen LogP contribution in [-0.4, -0.2) is 30.8 Å². The molecule has 0 saturated carbocycles. The second-order valence-corrected chi connectivity index (χ2v) is 6.75. The van der Waals surface area contributed by atoms with Crippen molar-refractivity contribution in [2.24, 2.45) is 5.92 Å². The van der Waals surface area contributed by atoms with E-state index in [1.165, 1.54) is 0 Å². The lowest BCUT2D eigenvalue weighted by molar-refractivity contribution is -0.122. The molecule has 3 rings (SSSR count). The molecule has 0 radical (unpaired) electrons. The zero-order valence-corrected chi connectivity index (χ0v) is 15.6. The van der Waals surface area contributed by atoms with Gasteiger partial charge >= 0.3 is 0 Å². The Morgan fingerprint density at radius 3 is 2.70 bits per heavy atom. The standard InChI is InChI=1S/C20H20ClN3O3/c1-2-22-19(26)13-5-3-7-16(9-13)23-20(27)14-10-18(25)24(12-14)17-8-4-6-15(21)11-17/h3-9,11,14H,2,10,12H2,1H3,(H,22,26)(H,23,27). The van der Waals surface area contributed by atoms with Gasteiger partial charge in [-0.05, 0) is 43.3 Å². The fourth-order valence-electron chi connectivity index (χ4n) is 3.02. The van der Waals surface area contributed by atoms with Crippen molar-refractivity contribution in [3.05, 3.63) is 59.1 Å². The van der Waals surface area contributed by atoms with Gasteiger partial charge in [-0.25, -0.2) is 0 Å². The van der Waals surface area contributed by atoms with Crippen LogP contribution < -0.4 is 15.5 Å². The highest BCUT2D eigenvalue weighted by Gasteiger charge is 2.35. The smallest absolute Gasteiger partial charge is 0.251 e. The molecule has 0 aromatic heterocycles. The lowest BCUT2D eigenvalue weighted by atomic mass is 10.1. The second-order valence-electron chi connectivity index (χ2n) is 6.31. The molecule has 2 aromatic carbocycles. The van der Waals surface area contributed by atoms with Gasteiger partial charge in [0.1, 0.15) is 0 Å². The summed E-state index contributed by atoms with van der Waals surface area (Å²) in [6.07, 6.45) is 0.133. The van der Waals surface area contributed by atoms with Crippen molar-refractivity contribution in [1.82, 2.24) is 5.32 Å². The number of carbonyl (C=O) groups is 3. The number of nitrogens with one attached hydrogen (secondary N) is 2. The van der Waals surface area contributed by atoms with E-state index in [0.29, 0.717) is 35.1 Å². The number of hydrogen-bond acceptors (Lipinski definition) is 3. The maximum absolute atomic E-state index is 12.6. The van der Waals surface area contributed by atoms with Gasteiger partial charge < -0.3 is 15.5 Å². The Kier molecular flexibility index (Phi) is 5.76. The molecule has 2 N–H and O–H groups in total. The molecule has 6 nitrogen and oxygen atoms in total. The highest BCUT2D eigenvalue weighted by atomic mass is 35.5. The summed E-state index contributed by atoms with van der Waals surface area (Å²) in [5.41, 5.74) is 1.68. The Bertz CT molecular complexity index is 884. The van der Waals surface area contributed by atoms with Gasteiger partial charge in [-0.15, -0.1) is 0 Å². The van der Waals surface area contributed by atoms with Crippen molar-refractivity contribution in [2.75, 3.05) is 23.3 Å². The van der Waals surface area contributed by atoms with Gasteiger partial charge in [0.05, 0.1) is 5.92 Å². The molecule has 1 saturated heterocycles. The number of anilines is 2. The van der Waals surface area contributed by atoms with E-state index in [4.69, 9.17) is 11.6 Å². The fraction of sp³-hybridized carbons (Fsp3) is 0.250. The van der Waals surface area contributed by atoms with Gasteiger partial charge in [-0.1, -0.05) is 23.7 Å². The van der Waals surface area contributed by atoms with E-state index < -0.39 is 5.92 Å². The Morgan fingerprint density at radius 1 is 1.19 bits per heavy atom. The van der Waals surface area contributed by atoms with Crippen LogP contribution in [0.3, 0.4) is 0 Å². The first-order chi connectivity index (χ1) is 13.0. The third-order valence-corrected chi connectivity index (χ3v) is 4.58. The molecule has 27 heavy (non-hydrogen) atoms. The van der Waals surface area contributed by atoms with Crippen LogP contribution in [0.1, 0.15) is 23.7 Å². The zero-order chi connectivity index (χ0) is 19.4. The van der Waals surface area contributed by atoms with Crippen LogP contribution >= 0.6 is 11.6 Å². The quantitative estimate of drug-likeness (QED) is 0.830. The Morgan fingerprint density at radius 2 is 1.96 bits per heavy atom. The van der Waals surface area contributed by atoms with Gasteiger partial charge in [0, 0.05) is 41.5 Å². The first kappa shape index (κ1) is 18.9. The van der Waals surface area contributed by atoms with Crippen molar-refractivity contribution in [1.29, 1.82) is 0 Å². The van der Waals surface area contributed by atoms with E-state index in [1.54, 1.807) is 53.4 Å². The summed E-state index contributed by atoms with van der Waals surface area (Å²) in [5.74, 6) is -1.03. The minimum Gasteiger partial charge on any atom is -0.352 e. The molecule has 1 aliphatic rings. The van der Waals surface area contributed by atoms with Gasteiger partial charge in [0.15, 0.2) is 0 Å². The summed E-state index contributed by atoms with van der Waals surface area (Å²) in [6.45, 7) is 2.66. The highest BCUT2D eigenvalue weighted by Crippen LogP contribution is 2.28. The van der Waals surface area contributed by atoms with E-state index in [-0.39, 0.29) is 24.1 Å². The number of carbonyl (C=O) groups excluding carboxylic acids is 3. The molecule has 0 aliphatic carbocycles. The van der Waals surface area contributed by atoms with E-state index in [1.807, 2.05) is 6.92 Å². The van der Waals surface area contributed by atoms with Crippen LogP contribution in [0.25, 0.3) is 0 Å². The number of amides is 3. The predicted octanol–water partition coefficient (Wildman–Crippen LogP) is 3.08. The van der Waals surface area contributed by atoms with Crippen LogP contribution in [0, 0.1) is 5.92 Å². The molecule has 2 aromatic rings. The molecule has 7 heteroatoms. The SMILES string of the molecule is CCNC(=O)c1cccc(NC(=O)C2CC(=O)N(c3cccc(Cl)c3)C2)c1. The lowest BCUT2D eigenvalue weighted by Crippen LogP contribution is -2.28. The van der Waals surface area contributed by atoms with Crippen molar-refractivity contribution >= 4 is 40.7 Å². The summed E-state index contributed by atoms with van der Waals surface area (Å²) in [5, 5.41) is 6.06. The molecule has 1 unspecified atom stereocenters. The predicted molar refractivity (Wildman–Crippen MR) is 105 cm³/mol. The Hall–Kier alpha value is -2.86. The number of benzene rings is 2. The Balaban J connectivity index is 1.68. The largest absolute Gasteiger partial charge is 0.352 e. The molecule has 1 atom stereocenters. The van der Waals surface area contributed by atoms with Gasteiger partial charge in [0.25, 0.3) is 5.91 Å². The molecule has 1 heterocycles. The molecular weight excluding hydrogens is 366 g/mol. The van der Waals surface area contributed by atoms with Gasteiger partial charge in [0.2, 0.25) is 11.8 Å². The molecule has 0 spiro atoms. The van der Waals surface area contributed by atoms with E-state index in [2.05, 4.69) is 10.6 Å². The van der Waals surface area contributed by atoms with E-state index in [0.717, 1.165) is 0 Å². The first-order valence-electron chi connectivity index (χ1n) is 8.73. The Labute approximate surface area is 162 Å². The minimum atomic E-state index is -0.468. The maximum Gasteiger partial charge on any atom is 0.251 e. The summed E-state index contributed by atoms with van der Waals surface area (Å²) in [7, 11) is 0. The summed E-state index contributed by atoms with van der Waals surface area (Å²) in [4.78, 5) is 38.4. The summed E-state index contributed by atoms with van der Waals surface area (Å²) >= 11 is 5.99. The van der Waals surface area contributed by atoms with Crippen LogP contribution in [0.15, 0.2) is 48.5 Å². The van der Waals surface area contributed by atoms with Crippen molar-refractivity contribution in [3.63, 3.8) is 0 Å². The first-order valence-corrected chi connectivity index (χ1v) is 9.10. The highest BCUT2D eigenvalue weighted by molar-refractivity contribution is 6.31. The molecule has 1 aliphatic heterocycles. The number of nitrogens with zero attached hydrogens (tertiary/aromatic N) is 1. The maximum atomic E-state index is 12.6.